The summed E-state index contributed by atoms with van der Waals surface area (Å²) in [4.78, 5) is 13.9. The minimum absolute atomic E-state index is 0.107. The number of para-hydroxylation sites is 1. The number of nitrogens with one attached hydrogen (secondary N) is 1. The Balaban J connectivity index is 1.56. The summed E-state index contributed by atoms with van der Waals surface area (Å²) in [5.74, 6) is -0.129. The average Bonchev–Trinajstić information content (AvgIpc) is 3.44. The molecular weight excluding hydrogens is 482 g/mol. The van der Waals surface area contributed by atoms with E-state index < -0.39 is 21.6 Å². The lowest BCUT2D eigenvalue weighted by Crippen LogP contribution is -2.50. The molecule has 11 nitrogen and oxygen atoms in total. The van der Waals surface area contributed by atoms with Gasteiger partial charge in [0.1, 0.15) is 6.04 Å². The second kappa shape index (κ2) is 10.2. The van der Waals surface area contributed by atoms with Gasteiger partial charge in [0.25, 0.3) is 0 Å². The van der Waals surface area contributed by atoms with Crippen LogP contribution in [0.4, 0.5) is 0 Å². The van der Waals surface area contributed by atoms with Crippen LogP contribution in [0.1, 0.15) is 36.8 Å². The highest BCUT2D eigenvalue weighted by atomic mass is 32.2. The number of nitrogens with two attached hydrogens (primary N) is 1. The lowest BCUT2D eigenvalue weighted by Gasteiger charge is -2.22. The van der Waals surface area contributed by atoms with Crippen LogP contribution >= 0.6 is 0 Å². The predicted octanol–water partition coefficient (Wildman–Crippen LogP) is 1.60. The maximum absolute atomic E-state index is 12.6. The Labute approximate surface area is 209 Å². The number of tetrazole rings is 1. The average molecular weight is 512 g/mol. The number of nitrogens with zero attached hydrogens (tertiary/aromatic N) is 5. The molecule has 0 radical (unpaired) electrons. The smallest absolute Gasteiger partial charge is 0.240 e. The van der Waals surface area contributed by atoms with Crippen molar-refractivity contribution in [3.63, 3.8) is 0 Å². The van der Waals surface area contributed by atoms with E-state index in [0.29, 0.717) is 17.7 Å². The molecule has 1 amide bonds. The number of carbonyl (C=O) groups is 1. The minimum Gasteiger partial charge on any atom is -0.374 e. The van der Waals surface area contributed by atoms with Gasteiger partial charge in [-0.3, -0.25) is 4.79 Å². The summed E-state index contributed by atoms with van der Waals surface area (Å²) in [5.41, 5.74) is 7.11. The molecule has 0 aliphatic heterocycles. The predicted molar refractivity (Wildman–Crippen MR) is 134 cm³/mol. The highest BCUT2D eigenvalue weighted by molar-refractivity contribution is 7.89. The van der Waals surface area contributed by atoms with Crippen molar-refractivity contribution in [2.24, 2.45) is 5.73 Å². The number of amides is 1. The number of carbonyl (C=O) groups excluding carboxylic acids is 1. The summed E-state index contributed by atoms with van der Waals surface area (Å²) in [6.45, 7) is 3.84. The summed E-state index contributed by atoms with van der Waals surface area (Å²) >= 11 is 0. The molecule has 0 spiro atoms. The number of fused-ring (bicyclic) bond motifs is 1. The molecule has 0 fully saturated rings. The zero-order valence-corrected chi connectivity index (χ0v) is 21.1. The molecule has 2 aromatic carbocycles. The first-order valence-corrected chi connectivity index (χ1v) is 13.2. The Bertz CT molecular complexity index is 1460. The number of benzene rings is 2. The summed E-state index contributed by atoms with van der Waals surface area (Å²) in [7, 11) is -3.49. The Hall–Kier alpha value is -3.61. The van der Waals surface area contributed by atoms with Crippen LogP contribution in [0.15, 0.2) is 60.8 Å². The maximum Gasteiger partial charge on any atom is 0.240 e. The number of aromatic nitrogens is 5. The molecule has 2 aromatic heterocycles. The summed E-state index contributed by atoms with van der Waals surface area (Å²) < 4.78 is 31.6. The standard InChI is InChI=1S/C24H29N7O4S/c1-24(2,25)23(32)26-20(16-35-15-17-9-5-4-6-10-17)22-27-29-31(28-22)14-18-13-30(36(3,33)34)21-12-8-7-11-19(18)21/h4-13,20H,14-16,25H2,1-3H3,(H,26,32)/t20-/m1/s1. The van der Waals surface area contributed by atoms with Crippen molar-refractivity contribution in [1.29, 1.82) is 0 Å². The Morgan fingerprint density at radius 2 is 1.83 bits per heavy atom. The Kier molecular flexibility index (Phi) is 7.20. The second-order valence-electron chi connectivity index (χ2n) is 9.16. The zero-order chi connectivity index (χ0) is 25.9. The molecule has 0 saturated carbocycles. The van der Waals surface area contributed by atoms with Gasteiger partial charge in [-0.2, -0.15) is 4.80 Å². The van der Waals surface area contributed by atoms with Crippen molar-refractivity contribution >= 4 is 26.8 Å². The monoisotopic (exact) mass is 511 g/mol. The van der Waals surface area contributed by atoms with Crippen LogP contribution in [0.3, 0.4) is 0 Å². The first-order valence-electron chi connectivity index (χ1n) is 11.3. The largest absolute Gasteiger partial charge is 0.374 e. The van der Waals surface area contributed by atoms with Crippen molar-refractivity contribution < 1.29 is 17.9 Å². The van der Waals surface area contributed by atoms with E-state index in [1.54, 1.807) is 32.2 Å². The molecule has 36 heavy (non-hydrogen) atoms. The van der Waals surface area contributed by atoms with E-state index in [0.717, 1.165) is 17.2 Å². The molecule has 4 rings (SSSR count). The number of hydrogen-bond donors (Lipinski definition) is 2. The van der Waals surface area contributed by atoms with Gasteiger partial charge in [-0.25, -0.2) is 12.4 Å². The fourth-order valence-electron chi connectivity index (χ4n) is 3.63. The van der Waals surface area contributed by atoms with Crippen LogP contribution in [0.2, 0.25) is 0 Å². The third-order valence-corrected chi connectivity index (χ3v) is 6.51. The lowest BCUT2D eigenvalue weighted by atomic mass is 10.1. The molecule has 0 aliphatic rings. The molecule has 0 aliphatic carbocycles. The normalized spacial score (nSPS) is 13.1. The molecule has 2 heterocycles. The van der Waals surface area contributed by atoms with Gasteiger partial charge in [0.2, 0.25) is 15.9 Å². The fourth-order valence-corrected chi connectivity index (χ4v) is 4.46. The van der Waals surface area contributed by atoms with Crippen LogP contribution in [0.25, 0.3) is 10.9 Å². The van der Waals surface area contributed by atoms with Crippen LogP contribution in [-0.2, 0) is 32.7 Å². The van der Waals surface area contributed by atoms with Gasteiger partial charge in [0.15, 0.2) is 5.82 Å². The van der Waals surface area contributed by atoms with Gasteiger partial charge in [-0.05, 0) is 30.7 Å². The lowest BCUT2D eigenvalue weighted by molar-refractivity contribution is -0.126. The van der Waals surface area contributed by atoms with Crippen LogP contribution in [-0.4, -0.2) is 56.9 Å². The van der Waals surface area contributed by atoms with E-state index in [1.165, 1.54) is 8.77 Å². The summed E-state index contributed by atoms with van der Waals surface area (Å²) in [5, 5.41) is 16.3. The first kappa shape index (κ1) is 25.5. The van der Waals surface area contributed by atoms with Gasteiger partial charge in [0, 0.05) is 17.1 Å². The molecule has 3 N–H and O–H groups in total. The first-order chi connectivity index (χ1) is 17.0. The fraction of sp³-hybridized carbons (Fsp3) is 0.333. The highest BCUT2D eigenvalue weighted by Crippen LogP contribution is 2.23. The molecule has 12 heteroatoms. The van der Waals surface area contributed by atoms with Crippen molar-refractivity contribution in [2.75, 3.05) is 12.9 Å². The van der Waals surface area contributed by atoms with E-state index >= 15 is 0 Å². The van der Waals surface area contributed by atoms with Crippen molar-refractivity contribution in [3.8, 4) is 0 Å². The highest BCUT2D eigenvalue weighted by Gasteiger charge is 2.28. The SMILES string of the molecule is CC(C)(N)C(=O)N[C@H](COCc1ccccc1)c1nnn(Cc2cn(S(C)(=O)=O)c3ccccc23)n1. The topological polar surface area (TPSA) is 147 Å². The molecule has 190 valence electrons. The van der Waals surface area contributed by atoms with Gasteiger partial charge in [0.05, 0.1) is 37.1 Å². The summed E-state index contributed by atoms with van der Waals surface area (Å²) in [6.07, 6.45) is 2.71. The van der Waals surface area contributed by atoms with Gasteiger partial charge in [-0.15, -0.1) is 10.2 Å². The third kappa shape index (κ3) is 5.96. The van der Waals surface area contributed by atoms with E-state index in [2.05, 4.69) is 20.7 Å². The molecule has 4 aromatic rings. The number of rotatable bonds is 10. The quantitative estimate of drug-likeness (QED) is 0.326. The van der Waals surface area contributed by atoms with Gasteiger partial charge in [-0.1, -0.05) is 48.5 Å². The minimum atomic E-state index is -3.49. The van der Waals surface area contributed by atoms with Gasteiger partial charge >= 0.3 is 0 Å². The number of hydrogen-bond acceptors (Lipinski definition) is 8. The Morgan fingerprint density at radius 3 is 2.53 bits per heavy atom. The van der Waals surface area contributed by atoms with Gasteiger partial charge < -0.3 is 15.8 Å². The Morgan fingerprint density at radius 1 is 1.14 bits per heavy atom. The van der Waals surface area contributed by atoms with Crippen LogP contribution < -0.4 is 11.1 Å². The summed E-state index contributed by atoms with van der Waals surface area (Å²) in [6, 6.07) is 16.2. The molecule has 1 atom stereocenters. The second-order valence-corrected chi connectivity index (χ2v) is 11.0. The van der Waals surface area contributed by atoms with Crippen molar-refractivity contribution in [1.82, 2.24) is 29.5 Å². The zero-order valence-electron chi connectivity index (χ0n) is 20.3. The maximum atomic E-state index is 12.6. The van der Waals surface area contributed by atoms with Crippen molar-refractivity contribution in [3.05, 3.63) is 77.7 Å². The molecular formula is C24H29N7O4S. The number of ether oxygens (including phenoxy) is 1. The van der Waals surface area contributed by atoms with E-state index in [4.69, 9.17) is 10.5 Å². The van der Waals surface area contributed by atoms with Crippen molar-refractivity contribution in [2.45, 2.75) is 38.6 Å². The van der Waals surface area contributed by atoms with E-state index in [1.807, 2.05) is 42.5 Å². The molecule has 0 saturated heterocycles. The molecule has 0 unspecified atom stereocenters. The van der Waals surface area contributed by atoms with E-state index in [9.17, 15) is 13.2 Å². The van der Waals surface area contributed by atoms with Crippen LogP contribution in [0.5, 0.6) is 0 Å². The van der Waals surface area contributed by atoms with Crippen LogP contribution in [0, 0.1) is 0 Å². The third-order valence-electron chi connectivity index (χ3n) is 5.50. The molecule has 0 bridgehead atoms. The van der Waals surface area contributed by atoms with E-state index in [-0.39, 0.29) is 24.9 Å².